The summed E-state index contributed by atoms with van der Waals surface area (Å²) in [5.74, 6) is 2.34. The Labute approximate surface area is 855 Å². The molecule has 0 aliphatic heterocycles. The fourth-order valence-electron chi connectivity index (χ4n) is 19.8. The Morgan fingerprint density at radius 3 is 0.799 bits per heavy atom. The number of para-hydroxylation sites is 2. The van der Waals surface area contributed by atoms with E-state index in [4.69, 9.17) is 14.2 Å². The maximum atomic E-state index is 5.95. The first-order valence-electron chi connectivity index (χ1n) is 50.3. The van der Waals surface area contributed by atoms with Crippen LogP contribution in [0.3, 0.4) is 0 Å². The van der Waals surface area contributed by atoms with Crippen molar-refractivity contribution in [2.75, 3.05) is 40.4 Å². The van der Waals surface area contributed by atoms with Gasteiger partial charge in [0.25, 0.3) is 0 Å². The van der Waals surface area contributed by atoms with E-state index in [-0.39, 0.29) is 0 Å². The van der Waals surface area contributed by atoms with Gasteiger partial charge in [0, 0.05) is 51.1 Å². The van der Waals surface area contributed by atoms with Gasteiger partial charge in [-0.1, -0.05) is 340 Å². The molecule has 0 fully saturated rings. The van der Waals surface area contributed by atoms with Crippen molar-refractivity contribution >= 4 is 117 Å². The van der Waals surface area contributed by atoms with Crippen LogP contribution >= 0.6 is 0 Å². The Kier molecular flexibility index (Phi) is 31.2. The number of anilines is 12. The van der Waals surface area contributed by atoms with Crippen LogP contribution in [-0.4, -0.2) is 20.8 Å². The molecule has 0 amide bonds. The molecular formula is C137H130N4O3. The van der Waals surface area contributed by atoms with Crippen LogP contribution in [0.4, 0.5) is 68.2 Å². The van der Waals surface area contributed by atoms with Crippen LogP contribution in [0.15, 0.2) is 376 Å². The lowest BCUT2D eigenvalue weighted by Gasteiger charge is -2.29. The van der Waals surface area contributed by atoms with Crippen LogP contribution in [0.25, 0.3) is 93.1 Å². The van der Waals surface area contributed by atoms with Crippen molar-refractivity contribution in [3.8, 4) is 61.8 Å². The molecule has 18 aromatic rings. The third kappa shape index (κ3) is 23.1. The van der Waals surface area contributed by atoms with Crippen LogP contribution in [-0.2, 0) is 12.8 Å². The van der Waals surface area contributed by atoms with E-state index in [0.717, 1.165) is 86.3 Å². The van der Waals surface area contributed by atoms with E-state index in [2.05, 4.69) is 530 Å². The molecule has 0 aromatic heterocycles. The molecule has 0 saturated carbocycles. The summed E-state index contributed by atoms with van der Waals surface area (Å²) < 4.78 is 16.9. The van der Waals surface area contributed by atoms with Gasteiger partial charge in [-0.05, 0) is 375 Å². The molecule has 0 radical (unpaired) electrons. The van der Waals surface area contributed by atoms with E-state index in [0.29, 0.717) is 18.1 Å². The summed E-state index contributed by atoms with van der Waals surface area (Å²) in [6.07, 6.45) is 19.2. The summed E-state index contributed by atoms with van der Waals surface area (Å²) in [6, 6.07) is 137. The highest BCUT2D eigenvalue weighted by Crippen LogP contribution is 2.47. The van der Waals surface area contributed by atoms with E-state index in [9.17, 15) is 0 Å². The van der Waals surface area contributed by atoms with Crippen molar-refractivity contribution in [3.05, 3.63) is 504 Å². The molecule has 144 heavy (non-hydrogen) atoms. The van der Waals surface area contributed by atoms with Crippen molar-refractivity contribution < 1.29 is 14.2 Å². The van der Waals surface area contributed by atoms with E-state index in [1.807, 2.05) is 25.1 Å². The average Bonchev–Trinajstić information content (AvgIpc) is 0.783. The molecule has 0 aliphatic carbocycles. The number of hydrogen-bond donors (Lipinski definition) is 0. The summed E-state index contributed by atoms with van der Waals surface area (Å²) in [6.45, 7) is 35.5. The van der Waals surface area contributed by atoms with Gasteiger partial charge in [-0.3, -0.25) is 0 Å². The number of benzene rings is 18. The van der Waals surface area contributed by atoms with Crippen LogP contribution in [0.5, 0.6) is 17.2 Å². The maximum absolute atomic E-state index is 5.95. The van der Waals surface area contributed by atoms with Gasteiger partial charge >= 0.3 is 0 Å². The number of hydrogen-bond acceptors (Lipinski definition) is 7. The Morgan fingerprint density at radius 2 is 0.472 bits per heavy atom. The molecule has 7 heteroatoms. The zero-order valence-electron chi connectivity index (χ0n) is 86.5. The quantitative estimate of drug-likeness (QED) is 0.0416. The number of rotatable bonds is 30. The largest absolute Gasteiger partial charge is 0.493 e. The first-order chi connectivity index (χ1) is 69.9. The second kappa shape index (κ2) is 45.4. The Morgan fingerprint density at radius 1 is 0.194 bits per heavy atom. The first-order valence-corrected chi connectivity index (χ1v) is 50.3. The minimum Gasteiger partial charge on any atom is -0.493 e. The van der Waals surface area contributed by atoms with Gasteiger partial charge in [0.2, 0.25) is 0 Å². The van der Waals surface area contributed by atoms with Gasteiger partial charge < -0.3 is 33.8 Å². The van der Waals surface area contributed by atoms with Crippen molar-refractivity contribution in [2.24, 2.45) is 0 Å². The van der Waals surface area contributed by atoms with Crippen molar-refractivity contribution in [1.82, 2.24) is 0 Å². The standard InChI is InChI=1S/C69H66N2O.C68H64N2O2/c1-11-72-67-45-47(3)13-21-62(67)23-15-56-18-34-64(35-19-56)71(69-53(9)43-49(5)44-54(69)10)66-38-30-61(31-39-66)59-26-24-58(25-27-59)60-28-36-65(37-29-60)70(68-51(7)41-48(4)42-52(68)8)63-32-16-55(17-33-63)14-22-57-20-12-46(2)40-50(57)6;1-9-55-15-11-13-48(4)67(55)69(61-36-23-51(24-37-61)19-21-53-18-17-47(3)50(6)45-53)63-40-32-59(33-41-63)57-28-30-58(31-29-57)60-34-42-64(43-35-60)70(68-49(5)14-12-16-56(68)10-2)62-38-25-52(26-39-62)20-22-54-27-44-65(71-7)66(46-54)72-8/h12-45H,11H2,1-10H3;11-46H,9-10H2,1-8H3/b22-14+,23-15+;21-19+,22-20+. The molecule has 0 saturated heterocycles. The molecule has 7 nitrogen and oxygen atoms in total. The van der Waals surface area contributed by atoms with E-state index >= 15 is 0 Å². The zero-order chi connectivity index (χ0) is 101. The SMILES string of the molecule is CCOc1cc(C)ccc1/C=C/c1ccc(N(c2ccc(-c3ccc(-c4ccc(N(c5ccc(/C=C/c6ccc(C)cc6C)cc5)c5c(C)cc(C)cc5C)cc4)cc3)cc2)c2c(C)cc(C)cc2C)cc1.CCc1cccc(C)c1N(c1ccc(/C=C/c2ccc(C)c(C)c2)cc1)c1ccc(-c2ccc(-c3ccc(N(c4ccc(/C=C/c5ccc(OC)c(OC)c5)cc4)c4c(C)cccc4CC)cc3)cc2)cc1. The third-order valence-electron chi connectivity index (χ3n) is 27.5. The van der Waals surface area contributed by atoms with Gasteiger partial charge in [-0.2, -0.15) is 0 Å². The van der Waals surface area contributed by atoms with Crippen LogP contribution in [0.1, 0.15) is 149 Å². The molecule has 716 valence electrons. The average molecular weight is 1880 g/mol. The second-order valence-corrected chi connectivity index (χ2v) is 38.0. The third-order valence-corrected chi connectivity index (χ3v) is 27.5. The monoisotopic (exact) mass is 1880 g/mol. The van der Waals surface area contributed by atoms with Crippen molar-refractivity contribution in [1.29, 1.82) is 0 Å². The van der Waals surface area contributed by atoms with Gasteiger partial charge in [-0.15, -0.1) is 0 Å². The summed E-state index contributed by atoms with van der Waals surface area (Å²) in [7, 11) is 3.32. The van der Waals surface area contributed by atoms with E-state index < -0.39 is 0 Å². The zero-order valence-corrected chi connectivity index (χ0v) is 86.5. The highest BCUT2D eigenvalue weighted by molar-refractivity contribution is 5.90. The lowest BCUT2D eigenvalue weighted by Crippen LogP contribution is -2.13. The summed E-state index contributed by atoms with van der Waals surface area (Å²) >= 11 is 0. The molecule has 0 bridgehead atoms. The Bertz CT molecular complexity index is 7630. The topological polar surface area (TPSA) is 40.7 Å². The minimum atomic E-state index is 0.635. The molecule has 0 aliphatic rings. The molecule has 18 aromatic carbocycles. The number of ether oxygens (including phenoxy) is 3. The normalized spacial score (nSPS) is 11.4. The lowest BCUT2D eigenvalue weighted by atomic mass is 9.98. The Hall–Kier alpha value is -16.5. The minimum absolute atomic E-state index is 0.635. The summed E-state index contributed by atoms with van der Waals surface area (Å²) in [4.78, 5) is 9.61. The van der Waals surface area contributed by atoms with Gasteiger partial charge in [0.1, 0.15) is 5.75 Å². The summed E-state index contributed by atoms with van der Waals surface area (Å²) in [5.41, 5.74) is 51.4. The summed E-state index contributed by atoms with van der Waals surface area (Å²) in [5, 5.41) is 0. The van der Waals surface area contributed by atoms with Crippen LogP contribution < -0.4 is 33.8 Å². The number of methoxy groups -OCH3 is 2. The molecule has 0 spiro atoms. The van der Waals surface area contributed by atoms with Crippen LogP contribution in [0, 0.1) is 90.0 Å². The molecule has 0 atom stereocenters. The molecule has 0 N–H and O–H groups in total. The van der Waals surface area contributed by atoms with Crippen molar-refractivity contribution in [3.63, 3.8) is 0 Å². The lowest BCUT2D eigenvalue weighted by molar-refractivity contribution is 0.339. The molecule has 0 heterocycles. The number of nitrogens with zero attached hydrogens (tertiary/aromatic N) is 4. The first kappa shape index (κ1) is 99.1. The number of aryl methyl sites for hydroxylation is 15. The highest BCUT2D eigenvalue weighted by Gasteiger charge is 2.25. The Balaban J connectivity index is 0.000000198. The fraction of sp³-hybridized carbons (Fsp3) is 0.153. The maximum Gasteiger partial charge on any atom is 0.161 e. The fourth-order valence-corrected chi connectivity index (χ4v) is 19.8. The second-order valence-electron chi connectivity index (χ2n) is 38.0. The smallest absolute Gasteiger partial charge is 0.161 e. The highest BCUT2D eigenvalue weighted by atomic mass is 16.5. The predicted octanol–water partition coefficient (Wildman–Crippen LogP) is 38.2. The van der Waals surface area contributed by atoms with Crippen molar-refractivity contribution in [2.45, 2.75) is 124 Å². The molecule has 0 unspecified atom stereocenters. The molecular weight excluding hydrogens is 1750 g/mol. The predicted molar refractivity (Wildman–Crippen MR) is 619 cm³/mol. The van der Waals surface area contributed by atoms with Crippen LogP contribution in [0.2, 0.25) is 0 Å². The van der Waals surface area contributed by atoms with Gasteiger partial charge in [0.05, 0.1) is 43.6 Å². The van der Waals surface area contributed by atoms with E-state index in [1.54, 1.807) is 14.2 Å². The van der Waals surface area contributed by atoms with Gasteiger partial charge in [0.15, 0.2) is 11.5 Å². The van der Waals surface area contributed by atoms with Gasteiger partial charge in [-0.25, -0.2) is 0 Å². The van der Waals surface area contributed by atoms with E-state index in [1.165, 1.54) is 173 Å². The molecule has 18 rings (SSSR count).